The van der Waals surface area contributed by atoms with Crippen molar-refractivity contribution >= 4 is 42.7 Å². The minimum absolute atomic E-state index is 0.340. The summed E-state index contributed by atoms with van der Waals surface area (Å²) in [4.78, 5) is 12.8. The Morgan fingerprint density at radius 3 is 1.49 bits per heavy atom. The van der Waals surface area contributed by atoms with Gasteiger partial charge in [-0.3, -0.25) is 0 Å². The summed E-state index contributed by atoms with van der Waals surface area (Å²) in [7, 11) is 1.43. The van der Waals surface area contributed by atoms with Gasteiger partial charge in [-0.2, -0.15) is 0 Å². The zero-order valence-corrected chi connectivity index (χ0v) is 23.1. The first-order valence-corrected chi connectivity index (χ1v) is 16.6. The van der Waals surface area contributed by atoms with E-state index in [1.54, 1.807) is 0 Å². The van der Waals surface area contributed by atoms with Crippen molar-refractivity contribution in [3.8, 4) is 11.1 Å². The summed E-state index contributed by atoms with van der Waals surface area (Å²) in [5.41, 5.74) is 3.66. The van der Waals surface area contributed by atoms with Crippen LogP contribution < -0.4 is 15.9 Å². The second-order valence-corrected chi connectivity index (χ2v) is 18.1. The van der Waals surface area contributed by atoms with E-state index in [1.165, 1.54) is 23.0 Å². The number of hydrogen-bond donors (Lipinski definition) is 0. The van der Waals surface area contributed by atoms with Gasteiger partial charge in [0.05, 0.1) is 0 Å². The van der Waals surface area contributed by atoms with Crippen LogP contribution in [-0.4, -0.2) is 13.1 Å². The second kappa shape index (κ2) is 10.5. The number of benzene rings is 5. The van der Waals surface area contributed by atoms with Gasteiger partial charge >= 0.3 is 227 Å². The Kier molecular flexibility index (Phi) is 7.11. The molecule has 0 spiro atoms. The molecule has 0 radical (unpaired) electrons. The van der Waals surface area contributed by atoms with Gasteiger partial charge in [-0.1, -0.05) is 0 Å². The van der Waals surface area contributed by atoms with Gasteiger partial charge in [0.1, 0.15) is 0 Å². The number of esters is 1. The van der Waals surface area contributed by atoms with Gasteiger partial charge in [0.25, 0.3) is 0 Å². The molecule has 0 unspecified atom stereocenters. The van der Waals surface area contributed by atoms with Crippen LogP contribution in [0.5, 0.6) is 0 Å². The fourth-order valence-electron chi connectivity index (χ4n) is 5.10. The number of hydrogen-bond acceptors (Lipinski definition) is 2. The second-order valence-electron chi connectivity index (χ2n) is 9.12. The number of carbonyl (C=O) groups excluding carboxylic acids is 1. The third-order valence-corrected chi connectivity index (χ3v) is 16.4. The number of carbonyl (C=O) groups is 1. The Balaban J connectivity index is 1.82. The zero-order valence-electron chi connectivity index (χ0n) is 20.6. The molecule has 0 aliphatic rings. The van der Waals surface area contributed by atoms with Crippen LogP contribution in [0.2, 0.25) is 0 Å². The molecule has 2 nitrogen and oxygen atoms in total. The van der Waals surface area contributed by atoms with Crippen molar-refractivity contribution < 1.29 is 9.53 Å². The van der Waals surface area contributed by atoms with Gasteiger partial charge in [-0.25, -0.2) is 0 Å². The molecule has 0 saturated carbocycles. The molecular formula is C33H28BrO2P. The molecule has 4 heteroatoms. The van der Waals surface area contributed by atoms with Crippen LogP contribution in [0.3, 0.4) is 0 Å². The third kappa shape index (κ3) is 4.66. The number of methoxy groups -OCH3 is 1. The Hall–Kier alpha value is -3.52. The van der Waals surface area contributed by atoms with Crippen LogP contribution in [0, 0.1) is 0 Å². The molecule has 0 atom stereocenters. The third-order valence-electron chi connectivity index (χ3n) is 6.88. The predicted molar refractivity (Wildman–Crippen MR) is 161 cm³/mol. The van der Waals surface area contributed by atoms with E-state index in [0.717, 1.165) is 16.7 Å². The maximum atomic E-state index is 12.8. The number of rotatable bonds is 7. The van der Waals surface area contributed by atoms with Gasteiger partial charge in [0.15, 0.2) is 0 Å². The van der Waals surface area contributed by atoms with Crippen molar-refractivity contribution in [3.63, 3.8) is 0 Å². The Morgan fingerprint density at radius 1 is 0.622 bits per heavy atom. The predicted octanol–water partition coefficient (Wildman–Crippen LogP) is 7.48. The van der Waals surface area contributed by atoms with Gasteiger partial charge in [-0.05, 0) is 0 Å². The molecular weight excluding hydrogens is 539 g/mol. The first-order valence-electron chi connectivity index (χ1n) is 12.2. The van der Waals surface area contributed by atoms with Crippen LogP contribution in [0.15, 0.2) is 140 Å². The van der Waals surface area contributed by atoms with Crippen molar-refractivity contribution in [1.29, 1.82) is 0 Å². The monoisotopic (exact) mass is 566 g/mol. The summed E-state index contributed by atoms with van der Waals surface area (Å²) >= 11 is 4.53. The fraction of sp³-hybridized carbons (Fsp3) is 0.0606. The average molecular weight is 567 g/mol. The van der Waals surface area contributed by atoms with Gasteiger partial charge in [0, 0.05) is 0 Å². The van der Waals surface area contributed by atoms with Crippen LogP contribution in [0.1, 0.15) is 15.9 Å². The van der Waals surface area contributed by atoms with Gasteiger partial charge < -0.3 is 0 Å². The summed E-state index contributed by atoms with van der Waals surface area (Å²) in [5.74, 6) is -0.340. The normalized spacial score (nSPS) is 12.3. The molecule has 0 bridgehead atoms. The maximum absolute atomic E-state index is 12.8. The topological polar surface area (TPSA) is 26.3 Å². The number of ether oxygens (including phenoxy) is 1. The molecule has 37 heavy (non-hydrogen) atoms. The van der Waals surface area contributed by atoms with Crippen LogP contribution >= 0.6 is 20.8 Å². The Bertz CT molecular complexity index is 1400. The number of halogens is 1. The molecule has 0 amide bonds. The van der Waals surface area contributed by atoms with Crippen LogP contribution in [0.25, 0.3) is 11.1 Å². The summed E-state index contributed by atoms with van der Waals surface area (Å²) in [6.07, 6.45) is 0.689. The molecule has 0 aliphatic heterocycles. The van der Waals surface area contributed by atoms with E-state index in [2.05, 4.69) is 125 Å². The molecule has 0 heterocycles. The van der Waals surface area contributed by atoms with Crippen molar-refractivity contribution in [2.75, 3.05) is 7.11 Å². The molecule has 0 aromatic heterocycles. The SMILES string of the molecule is COC(=O)c1cc(CP(Br)(c2ccccc2)(c2ccccc2)c2ccccc2)cc(-c2ccccc2)c1. The van der Waals surface area contributed by atoms with E-state index in [0.29, 0.717) is 11.7 Å². The molecule has 0 saturated heterocycles. The first kappa shape index (κ1) is 25.1. The van der Waals surface area contributed by atoms with E-state index in [1.807, 2.05) is 30.3 Å². The Morgan fingerprint density at radius 2 is 1.05 bits per heavy atom. The minimum atomic E-state index is -3.22. The van der Waals surface area contributed by atoms with E-state index in [-0.39, 0.29) is 5.97 Å². The van der Waals surface area contributed by atoms with E-state index < -0.39 is 5.31 Å². The molecule has 5 rings (SSSR count). The molecule has 0 fully saturated rings. The molecule has 5 aromatic rings. The van der Waals surface area contributed by atoms with Crippen LogP contribution in [0.4, 0.5) is 0 Å². The van der Waals surface area contributed by atoms with E-state index in [4.69, 9.17) is 4.74 Å². The first-order chi connectivity index (χ1) is 18.0. The van der Waals surface area contributed by atoms with Crippen molar-refractivity contribution in [2.24, 2.45) is 0 Å². The molecule has 0 aliphatic carbocycles. The summed E-state index contributed by atoms with van der Waals surface area (Å²) in [6.45, 7) is 0. The summed E-state index contributed by atoms with van der Waals surface area (Å²) in [6, 6.07) is 48.4. The molecule has 0 N–H and O–H groups in total. The quantitative estimate of drug-likeness (QED) is 0.151. The summed E-state index contributed by atoms with van der Waals surface area (Å²) < 4.78 is 5.15. The van der Waals surface area contributed by atoms with Gasteiger partial charge in [0.2, 0.25) is 0 Å². The van der Waals surface area contributed by atoms with Crippen molar-refractivity contribution in [2.45, 2.75) is 6.16 Å². The zero-order chi connectivity index (χ0) is 25.7. The van der Waals surface area contributed by atoms with E-state index in [9.17, 15) is 4.79 Å². The van der Waals surface area contributed by atoms with Gasteiger partial charge in [-0.15, -0.1) is 0 Å². The van der Waals surface area contributed by atoms with Crippen molar-refractivity contribution in [1.82, 2.24) is 0 Å². The van der Waals surface area contributed by atoms with Crippen molar-refractivity contribution in [3.05, 3.63) is 151 Å². The fourth-order valence-corrected chi connectivity index (χ4v) is 12.8. The molecule has 5 aromatic carbocycles. The average Bonchev–Trinajstić information content (AvgIpc) is 2.98. The van der Waals surface area contributed by atoms with E-state index >= 15 is 0 Å². The van der Waals surface area contributed by atoms with Crippen LogP contribution in [-0.2, 0) is 10.9 Å². The Labute approximate surface area is 226 Å². The molecule has 184 valence electrons. The standard InChI is InChI=1S/C33H28BrO2P/c1-36-33(35)29-23-26(22-28(24-29)27-14-6-2-7-15-27)25-37(34,30-16-8-3-9-17-30,31-18-10-4-11-19-31)32-20-12-5-13-21-32/h2-24H,25H2,1H3. The summed E-state index contributed by atoms with van der Waals surface area (Å²) in [5, 5.41) is 0.476.